The Labute approximate surface area is 173 Å². The number of carbonyl (C=O) groups is 1. The number of nitrogens with zero attached hydrogens (tertiary/aromatic N) is 2. The van der Waals surface area contributed by atoms with Gasteiger partial charge in [-0.05, 0) is 44.5 Å². The fourth-order valence-corrected chi connectivity index (χ4v) is 4.09. The molecule has 7 heteroatoms. The van der Waals surface area contributed by atoms with Gasteiger partial charge in [0.15, 0.2) is 9.84 Å². The molecule has 1 amide bonds. The highest BCUT2D eigenvalue weighted by Crippen LogP contribution is 2.30. The molecular weight excluding hydrogens is 388 g/mol. The SMILES string of the molecule is CC(C)(C)OC(=O)N1CCN(c2cccc(S(C)(=O)=O)c2)C[C@@H]1c1ccccc1. The summed E-state index contributed by atoms with van der Waals surface area (Å²) in [4.78, 5) is 17.0. The van der Waals surface area contributed by atoms with Crippen molar-refractivity contribution in [2.75, 3.05) is 30.8 Å². The van der Waals surface area contributed by atoms with Crippen molar-refractivity contribution in [1.29, 1.82) is 0 Å². The van der Waals surface area contributed by atoms with Crippen molar-refractivity contribution in [2.45, 2.75) is 37.3 Å². The second-order valence-corrected chi connectivity index (χ2v) is 10.3. The lowest BCUT2D eigenvalue weighted by molar-refractivity contribution is 0.0137. The van der Waals surface area contributed by atoms with Crippen molar-refractivity contribution >= 4 is 21.6 Å². The van der Waals surface area contributed by atoms with Crippen LogP contribution in [0.3, 0.4) is 0 Å². The lowest BCUT2D eigenvalue weighted by Gasteiger charge is -2.43. The predicted molar refractivity (Wildman–Crippen MR) is 114 cm³/mol. The zero-order valence-electron chi connectivity index (χ0n) is 17.3. The van der Waals surface area contributed by atoms with Crippen LogP contribution >= 0.6 is 0 Å². The number of anilines is 1. The molecule has 0 N–H and O–H groups in total. The van der Waals surface area contributed by atoms with Crippen LogP contribution in [0.4, 0.5) is 10.5 Å². The maximum atomic E-state index is 12.8. The first-order valence-corrected chi connectivity index (χ1v) is 11.5. The molecule has 1 aliphatic rings. The molecule has 0 saturated carbocycles. The number of amides is 1. The van der Waals surface area contributed by atoms with Crippen LogP contribution in [0.25, 0.3) is 0 Å². The maximum absolute atomic E-state index is 12.8. The first kappa shape index (κ1) is 21.2. The lowest BCUT2D eigenvalue weighted by atomic mass is 10.0. The Morgan fingerprint density at radius 2 is 1.72 bits per heavy atom. The van der Waals surface area contributed by atoms with Crippen LogP contribution in [0.5, 0.6) is 0 Å². The minimum atomic E-state index is -3.29. The van der Waals surface area contributed by atoms with E-state index in [0.717, 1.165) is 11.3 Å². The van der Waals surface area contributed by atoms with E-state index in [2.05, 4.69) is 4.90 Å². The summed E-state index contributed by atoms with van der Waals surface area (Å²) in [6.07, 6.45) is 0.871. The number of hydrogen-bond acceptors (Lipinski definition) is 5. The van der Waals surface area contributed by atoms with E-state index in [1.807, 2.05) is 57.2 Å². The largest absolute Gasteiger partial charge is 0.444 e. The topological polar surface area (TPSA) is 66.9 Å². The van der Waals surface area contributed by atoms with Gasteiger partial charge in [0.1, 0.15) is 5.60 Å². The molecule has 0 bridgehead atoms. The van der Waals surface area contributed by atoms with Crippen LogP contribution in [-0.4, -0.2) is 50.9 Å². The predicted octanol–water partition coefficient (Wildman–Crippen LogP) is 3.89. The summed E-state index contributed by atoms with van der Waals surface area (Å²) < 4.78 is 29.5. The molecule has 1 heterocycles. The van der Waals surface area contributed by atoms with Gasteiger partial charge < -0.3 is 9.64 Å². The molecule has 29 heavy (non-hydrogen) atoms. The quantitative estimate of drug-likeness (QED) is 0.759. The molecule has 0 aromatic heterocycles. The van der Waals surface area contributed by atoms with Crippen molar-refractivity contribution in [3.05, 3.63) is 60.2 Å². The highest BCUT2D eigenvalue weighted by molar-refractivity contribution is 7.90. The van der Waals surface area contributed by atoms with Gasteiger partial charge in [-0.15, -0.1) is 0 Å². The number of sulfone groups is 1. The number of rotatable bonds is 3. The van der Waals surface area contributed by atoms with Crippen molar-refractivity contribution in [3.8, 4) is 0 Å². The Balaban J connectivity index is 1.90. The molecule has 3 rings (SSSR count). The molecule has 156 valence electrons. The molecule has 0 aliphatic carbocycles. The Hall–Kier alpha value is -2.54. The molecule has 1 atom stereocenters. The van der Waals surface area contributed by atoms with Crippen molar-refractivity contribution in [3.63, 3.8) is 0 Å². The first-order chi connectivity index (χ1) is 13.5. The molecule has 2 aromatic rings. The van der Waals surface area contributed by atoms with Crippen LogP contribution in [0.15, 0.2) is 59.5 Å². The summed E-state index contributed by atoms with van der Waals surface area (Å²) in [6, 6.07) is 16.6. The Bertz CT molecular complexity index is 968. The molecule has 0 spiro atoms. The minimum Gasteiger partial charge on any atom is -0.444 e. The van der Waals surface area contributed by atoms with Crippen molar-refractivity contribution in [1.82, 2.24) is 4.90 Å². The molecular formula is C22H28N2O4S. The zero-order valence-corrected chi connectivity index (χ0v) is 18.1. The van der Waals surface area contributed by atoms with Gasteiger partial charge >= 0.3 is 6.09 Å². The van der Waals surface area contributed by atoms with Gasteiger partial charge in [-0.2, -0.15) is 0 Å². The summed E-state index contributed by atoms with van der Waals surface area (Å²) in [6.45, 7) is 7.20. The van der Waals surface area contributed by atoms with Crippen molar-refractivity contribution < 1.29 is 17.9 Å². The summed E-state index contributed by atoms with van der Waals surface area (Å²) in [7, 11) is -3.29. The zero-order chi connectivity index (χ0) is 21.2. The summed E-state index contributed by atoms with van der Waals surface area (Å²) >= 11 is 0. The third kappa shape index (κ3) is 5.29. The van der Waals surface area contributed by atoms with Gasteiger partial charge in [0.05, 0.1) is 10.9 Å². The van der Waals surface area contributed by atoms with Gasteiger partial charge in [-0.25, -0.2) is 13.2 Å². The van der Waals surface area contributed by atoms with Crippen LogP contribution in [-0.2, 0) is 14.6 Å². The normalized spacial score (nSPS) is 17.9. The van der Waals surface area contributed by atoms with Gasteiger partial charge in [0.2, 0.25) is 0 Å². The molecule has 2 aromatic carbocycles. The third-order valence-electron chi connectivity index (χ3n) is 4.80. The third-order valence-corrected chi connectivity index (χ3v) is 5.91. The van der Waals surface area contributed by atoms with Crippen molar-refractivity contribution in [2.24, 2.45) is 0 Å². The monoisotopic (exact) mass is 416 g/mol. The van der Waals surface area contributed by atoms with E-state index in [1.165, 1.54) is 6.26 Å². The fourth-order valence-electron chi connectivity index (χ4n) is 3.43. The number of carbonyl (C=O) groups excluding carboxylic acids is 1. The molecule has 1 aliphatic heterocycles. The number of ether oxygens (including phenoxy) is 1. The lowest BCUT2D eigenvalue weighted by Crippen LogP contribution is -2.52. The molecule has 0 radical (unpaired) electrons. The van der Waals surface area contributed by atoms with Gasteiger partial charge in [0.25, 0.3) is 0 Å². The maximum Gasteiger partial charge on any atom is 0.410 e. The second-order valence-electron chi connectivity index (χ2n) is 8.32. The van der Waals surface area contributed by atoms with Crippen LogP contribution in [0, 0.1) is 0 Å². The Morgan fingerprint density at radius 3 is 2.34 bits per heavy atom. The van der Waals surface area contributed by atoms with Gasteiger partial charge in [-0.1, -0.05) is 36.4 Å². The smallest absolute Gasteiger partial charge is 0.410 e. The fraction of sp³-hybridized carbons (Fsp3) is 0.409. The van der Waals surface area contributed by atoms with Gasteiger partial charge in [-0.3, -0.25) is 4.90 Å². The second kappa shape index (κ2) is 8.06. The summed E-state index contributed by atoms with van der Waals surface area (Å²) in [5.74, 6) is 0. The summed E-state index contributed by atoms with van der Waals surface area (Å²) in [5, 5.41) is 0. The highest BCUT2D eigenvalue weighted by atomic mass is 32.2. The number of hydrogen-bond donors (Lipinski definition) is 0. The van der Waals surface area contributed by atoms with Crippen LogP contribution in [0.1, 0.15) is 32.4 Å². The van der Waals surface area contributed by atoms with E-state index in [4.69, 9.17) is 4.74 Å². The number of benzene rings is 2. The van der Waals surface area contributed by atoms with E-state index in [1.54, 1.807) is 23.1 Å². The molecule has 1 fully saturated rings. The molecule has 1 saturated heterocycles. The summed E-state index contributed by atoms with van der Waals surface area (Å²) in [5.41, 5.74) is 1.28. The van der Waals surface area contributed by atoms with E-state index < -0.39 is 15.4 Å². The average Bonchev–Trinajstić information content (AvgIpc) is 2.66. The standard InChI is InChI=1S/C22H28N2O4S/c1-22(2,3)28-21(25)24-14-13-23(16-20(24)17-9-6-5-7-10-17)18-11-8-12-19(15-18)29(4,26)27/h5-12,15,20H,13-14,16H2,1-4H3/t20-/m1/s1. The molecule has 0 unspecified atom stereocenters. The van der Waals surface area contributed by atoms with E-state index in [9.17, 15) is 13.2 Å². The highest BCUT2D eigenvalue weighted by Gasteiger charge is 2.34. The minimum absolute atomic E-state index is 0.193. The van der Waals surface area contributed by atoms with Crippen LogP contribution < -0.4 is 4.90 Å². The Morgan fingerprint density at radius 1 is 1.03 bits per heavy atom. The number of piperazine rings is 1. The van der Waals surface area contributed by atoms with Crippen LogP contribution in [0.2, 0.25) is 0 Å². The average molecular weight is 417 g/mol. The van der Waals surface area contributed by atoms with E-state index in [0.29, 0.717) is 24.5 Å². The molecule has 6 nitrogen and oxygen atoms in total. The van der Waals surface area contributed by atoms with E-state index in [-0.39, 0.29) is 12.1 Å². The van der Waals surface area contributed by atoms with Gasteiger partial charge in [0, 0.05) is 31.6 Å². The first-order valence-electron chi connectivity index (χ1n) is 9.64. The Kier molecular flexibility index (Phi) is 5.89. The van der Waals surface area contributed by atoms with E-state index >= 15 is 0 Å².